The number of aromatic nitrogens is 4. The minimum absolute atomic E-state index is 0. The molecule has 3 aromatic heterocycles. The lowest BCUT2D eigenvalue weighted by atomic mass is 10.1. The number of amides is 2. The van der Waals surface area contributed by atoms with E-state index in [1.165, 1.54) is 22.9 Å². The van der Waals surface area contributed by atoms with Crippen molar-refractivity contribution >= 4 is 30.0 Å². The van der Waals surface area contributed by atoms with Crippen molar-refractivity contribution in [2.45, 2.75) is 37.8 Å². The van der Waals surface area contributed by atoms with Gasteiger partial charge in [0.25, 0.3) is 17.2 Å². The summed E-state index contributed by atoms with van der Waals surface area (Å²) in [6.07, 6.45) is 5.32. The van der Waals surface area contributed by atoms with Crippen molar-refractivity contribution < 1.29 is 27.8 Å². The Hall–Kier alpha value is -5.11. The predicted molar refractivity (Wildman–Crippen MR) is 166 cm³/mol. The number of para-hydroxylation sites is 1. The van der Waals surface area contributed by atoms with Gasteiger partial charge < -0.3 is 25.9 Å². The SMILES string of the molecule is Cl.O=C(COc1ccccc1CNC(=O)C1CCc2cnc(NCC(F)(F)c3cccc[n+]3[O-])c(=O)n21)NCCc1ccccn1. The van der Waals surface area contributed by atoms with Gasteiger partial charge in [0.2, 0.25) is 5.91 Å². The molecule has 15 heteroatoms. The fourth-order valence-corrected chi connectivity index (χ4v) is 4.97. The third-order valence-electron chi connectivity index (χ3n) is 7.25. The van der Waals surface area contributed by atoms with Gasteiger partial charge in [-0.25, -0.2) is 4.98 Å². The number of nitrogens with one attached hydrogen (secondary N) is 3. The second-order valence-corrected chi connectivity index (χ2v) is 10.3. The first-order valence-electron chi connectivity index (χ1n) is 14.3. The van der Waals surface area contributed by atoms with E-state index in [-0.39, 0.29) is 42.0 Å². The van der Waals surface area contributed by atoms with Crippen LogP contribution in [-0.4, -0.2) is 46.0 Å². The first-order valence-corrected chi connectivity index (χ1v) is 14.3. The molecule has 0 spiro atoms. The van der Waals surface area contributed by atoms with Crippen molar-refractivity contribution in [2.24, 2.45) is 0 Å². The molecule has 1 unspecified atom stereocenters. The first kappa shape index (κ1) is 33.8. The van der Waals surface area contributed by atoms with E-state index in [1.54, 1.807) is 30.5 Å². The van der Waals surface area contributed by atoms with Crippen LogP contribution in [0.3, 0.4) is 0 Å². The molecule has 1 aliphatic rings. The number of alkyl halides is 2. The predicted octanol–water partition coefficient (Wildman–Crippen LogP) is 2.44. The van der Waals surface area contributed by atoms with E-state index in [2.05, 4.69) is 25.9 Å². The van der Waals surface area contributed by atoms with E-state index < -0.39 is 35.7 Å². The number of anilines is 1. The molecular weight excluding hydrogens is 624 g/mol. The van der Waals surface area contributed by atoms with Gasteiger partial charge in [-0.2, -0.15) is 13.5 Å². The number of benzene rings is 1. The topological polar surface area (TPSA) is 154 Å². The van der Waals surface area contributed by atoms with Gasteiger partial charge in [0.15, 0.2) is 18.6 Å². The van der Waals surface area contributed by atoms with Crippen LogP contribution in [0.2, 0.25) is 0 Å². The van der Waals surface area contributed by atoms with E-state index in [1.807, 2.05) is 18.2 Å². The summed E-state index contributed by atoms with van der Waals surface area (Å²) >= 11 is 0. The average Bonchev–Trinajstić information content (AvgIpc) is 3.49. The summed E-state index contributed by atoms with van der Waals surface area (Å²) in [5.74, 6) is -4.29. The third kappa shape index (κ3) is 8.13. The van der Waals surface area contributed by atoms with Crippen molar-refractivity contribution in [1.29, 1.82) is 0 Å². The fraction of sp³-hybridized carbons (Fsp3) is 0.290. The number of halogens is 3. The second kappa shape index (κ2) is 15.3. The molecule has 4 heterocycles. The average molecular weight is 656 g/mol. The van der Waals surface area contributed by atoms with Gasteiger partial charge in [-0.1, -0.05) is 24.3 Å². The van der Waals surface area contributed by atoms with Gasteiger partial charge in [-0.3, -0.25) is 23.9 Å². The molecule has 1 aliphatic heterocycles. The number of hydrogen-bond acceptors (Lipinski definition) is 8. The highest BCUT2D eigenvalue weighted by atomic mass is 35.5. The zero-order chi connectivity index (χ0) is 31.8. The van der Waals surface area contributed by atoms with Crippen LogP contribution < -0.4 is 31.0 Å². The Kier molecular flexibility index (Phi) is 11.2. The molecular formula is C31H32ClF2N7O5. The van der Waals surface area contributed by atoms with Gasteiger partial charge >= 0.3 is 5.92 Å². The molecule has 12 nitrogen and oxygen atoms in total. The first-order chi connectivity index (χ1) is 21.7. The highest BCUT2D eigenvalue weighted by Gasteiger charge is 2.40. The lowest BCUT2D eigenvalue weighted by Crippen LogP contribution is -2.42. The number of fused-ring (bicyclic) bond motifs is 1. The molecule has 5 rings (SSSR count). The fourth-order valence-electron chi connectivity index (χ4n) is 4.97. The van der Waals surface area contributed by atoms with Crippen molar-refractivity contribution in [2.75, 3.05) is 25.0 Å². The van der Waals surface area contributed by atoms with Crippen molar-refractivity contribution in [3.05, 3.63) is 117 Å². The smallest absolute Gasteiger partial charge is 0.347 e. The maximum atomic E-state index is 14.7. The number of pyridine rings is 2. The quantitative estimate of drug-likeness (QED) is 0.147. The molecule has 0 aliphatic carbocycles. The number of carbonyl (C=O) groups excluding carboxylic acids is 2. The molecule has 0 bridgehead atoms. The minimum Gasteiger partial charge on any atom is -0.618 e. The number of hydrogen-bond donors (Lipinski definition) is 3. The summed E-state index contributed by atoms with van der Waals surface area (Å²) in [7, 11) is 0. The highest BCUT2D eigenvalue weighted by Crippen LogP contribution is 2.27. The Morgan fingerprint density at radius 1 is 1.07 bits per heavy atom. The second-order valence-electron chi connectivity index (χ2n) is 10.3. The number of rotatable bonds is 13. The Bertz CT molecular complexity index is 1730. The van der Waals surface area contributed by atoms with Crippen LogP contribution in [0.15, 0.2) is 84.0 Å². The van der Waals surface area contributed by atoms with Gasteiger partial charge in [-0.15, -0.1) is 12.4 Å². The Morgan fingerprint density at radius 3 is 2.63 bits per heavy atom. The molecule has 0 saturated heterocycles. The van der Waals surface area contributed by atoms with Crippen LogP contribution in [0, 0.1) is 5.21 Å². The van der Waals surface area contributed by atoms with Crippen LogP contribution in [0.4, 0.5) is 14.6 Å². The molecule has 4 aromatic rings. The largest absolute Gasteiger partial charge is 0.618 e. The number of nitrogens with zero attached hydrogens (tertiary/aromatic N) is 4. The highest BCUT2D eigenvalue weighted by molar-refractivity contribution is 5.85. The normalized spacial score (nSPS) is 13.7. The van der Waals surface area contributed by atoms with E-state index in [0.717, 1.165) is 18.0 Å². The van der Waals surface area contributed by atoms with Crippen LogP contribution in [-0.2, 0) is 34.9 Å². The van der Waals surface area contributed by atoms with Crippen molar-refractivity contribution in [3.63, 3.8) is 0 Å². The molecule has 0 fully saturated rings. The summed E-state index contributed by atoms with van der Waals surface area (Å²) in [6, 6.07) is 15.3. The molecule has 2 amide bonds. The van der Waals surface area contributed by atoms with E-state index >= 15 is 0 Å². The lowest BCUT2D eigenvalue weighted by molar-refractivity contribution is -0.624. The van der Waals surface area contributed by atoms with Crippen LogP contribution in [0.1, 0.15) is 35.1 Å². The van der Waals surface area contributed by atoms with Gasteiger partial charge in [-0.05, 0) is 37.1 Å². The Labute approximate surface area is 268 Å². The monoisotopic (exact) mass is 655 g/mol. The van der Waals surface area contributed by atoms with E-state index in [4.69, 9.17) is 4.74 Å². The molecule has 0 radical (unpaired) electrons. The maximum absolute atomic E-state index is 14.7. The summed E-state index contributed by atoms with van der Waals surface area (Å²) in [5, 5.41) is 19.7. The van der Waals surface area contributed by atoms with E-state index in [9.17, 15) is 28.4 Å². The zero-order valence-corrected chi connectivity index (χ0v) is 25.3. The van der Waals surface area contributed by atoms with Crippen molar-refractivity contribution in [1.82, 2.24) is 25.2 Å². The molecule has 242 valence electrons. The van der Waals surface area contributed by atoms with Crippen LogP contribution >= 0.6 is 12.4 Å². The van der Waals surface area contributed by atoms with Gasteiger partial charge in [0, 0.05) is 61.0 Å². The standard InChI is InChI=1S/C31H31F2N7O5.ClH/c32-31(33,26-10-4-6-16-39(26)44)20-38-28-30(43)40-23(18-36-28)11-12-24(40)29(42)37-17-21-7-1-2-9-25(21)45-19-27(41)35-15-13-22-8-3-5-14-34-22;/h1-10,14,16,18,24H,11-13,15,17,19-20H2,(H,35,41)(H,36,38)(H,37,42);1H. The number of carbonyl (C=O) groups is 2. The van der Waals surface area contributed by atoms with Gasteiger partial charge in [0.05, 0.1) is 6.54 Å². The van der Waals surface area contributed by atoms with E-state index in [0.29, 0.717) is 42.8 Å². The summed E-state index contributed by atoms with van der Waals surface area (Å²) in [5.41, 5.74) is 0.478. The molecule has 3 N–H and O–H groups in total. The van der Waals surface area contributed by atoms with Crippen molar-refractivity contribution in [3.8, 4) is 5.75 Å². The Morgan fingerprint density at radius 2 is 1.85 bits per heavy atom. The van der Waals surface area contributed by atoms with Gasteiger partial charge in [0.1, 0.15) is 11.8 Å². The third-order valence-corrected chi connectivity index (χ3v) is 7.25. The lowest BCUT2D eigenvalue weighted by Gasteiger charge is -2.18. The van der Waals surface area contributed by atoms with Crippen LogP contribution in [0.25, 0.3) is 0 Å². The minimum atomic E-state index is -3.59. The molecule has 46 heavy (non-hydrogen) atoms. The summed E-state index contributed by atoms with van der Waals surface area (Å²) < 4.78 is 36.4. The molecule has 1 aromatic carbocycles. The Balaban J connectivity index is 0.00000480. The number of ether oxygens (including phenoxy) is 1. The summed E-state index contributed by atoms with van der Waals surface area (Å²) in [4.78, 5) is 46.9. The van der Waals surface area contributed by atoms with Crippen LogP contribution in [0.5, 0.6) is 5.75 Å². The number of aryl methyl sites for hydroxylation is 1. The zero-order valence-electron chi connectivity index (χ0n) is 24.5. The maximum Gasteiger partial charge on any atom is 0.347 e. The molecule has 1 atom stereocenters. The summed E-state index contributed by atoms with van der Waals surface area (Å²) in [6.45, 7) is -0.802. The molecule has 0 saturated carbocycles.